The lowest BCUT2D eigenvalue weighted by molar-refractivity contribution is -0.123. The molecule has 2 fully saturated rings. The summed E-state index contributed by atoms with van der Waals surface area (Å²) in [6.07, 6.45) is 9.84. The number of carbonyl (C=O) groups is 1. The molecule has 2 aliphatic rings. The minimum atomic E-state index is 0.458. The van der Waals surface area contributed by atoms with Crippen LogP contribution in [-0.2, 0) is 4.79 Å². The summed E-state index contributed by atoms with van der Waals surface area (Å²) < 4.78 is 0. The Bertz CT molecular complexity index is 174. The van der Waals surface area contributed by atoms with Gasteiger partial charge in [0.1, 0.15) is 5.78 Å². The van der Waals surface area contributed by atoms with E-state index in [1.807, 2.05) is 0 Å². The molecule has 0 aliphatic heterocycles. The molecule has 0 aromatic carbocycles. The van der Waals surface area contributed by atoms with E-state index in [1.54, 1.807) is 0 Å². The molecule has 0 amide bonds. The second-order valence-corrected chi connectivity index (χ2v) is 4.44. The van der Waals surface area contributed by atoms with Gasteiger partial charge in [0.05, 0.1) is 0 Å². The molecule has 2 aliphatic carbocycles. The molecule has 68 valence electrons. The molecule has 0 radical (unpaired) electrons. The van der Waals surface area contributed by atoms with Gasteiger partial charge in [0.15, 0.2) is 0 Å². The fourth-order valence-corrected chi connectivity index (χ4v) is 2.79. The molecule has 2 saturated carbocycles. The minimum absolute atomic E-state index is 0.458. The van der Waals surface area contributed by atoms with E-state index in [1.165, 1.54) is 44.9 Å². The number of rotatable bonds is 0. The minimum Gasteiger partial charge on any atom is -0.299 e. The summed E-state index contributed by atoms with van der Waals surface area (Å²) in [6, 6.07) is 0. The predicted molar refractivity (Wildman–Crippen MR) is 48.9 cm³/mol. The van der Waals surface area contributed by atoms with Crippen molar-refractivity contribution in [2.75, 3.05) is 0 Å². The first-order chi connectivity index (χ1) is 5.86. The van der Waals surface area contributed by atoms with E-state index in [0.717, 1.165) is 12.3 Å². The second-order valence-electron chi connectivity index (χ2n) is 4.44. The van der Waals surface area contributed by atoms with Crippen molar-refractivity contribution in [3.05, 3.63) is 0 Å². The molecule has 1 nitrogen and oxygen atoms in total. The molecule has 0 spiro atoms. The normalized spacial score (nSPS) is 37.2. The number of Topliss-reactive ketones (excluding diaryl/α,β-unsaturated/α-hetero) is 1. The van der Waals surface area contributed by atoms with Crippen molar-refractivity contribution in [3.63, 3.8) is 0 Å². The van der Waals surface area contributed by atoms with E-state index in [9.17, 15) is 4.79 Å². The molecule has 0 aromatic heterocycles. The van der Waals surface area contributed by atoms with Gasteiger partial charge in [-0.15, -0.1) is 0 Å². The second kappa shape index (κ2) is 3.59. The third-order valence-electron chi connectivity index (χ3n) is 3.52. The largest absolute Gasteiger partial charge is 0.299 e. The smallest absolute Gasteiger partial charge is 0.135 e. The van der Waals surface area contributed by atoms with Crippen molar-refractivity contribution in [1.29, 1.82) is 0 Å². The summed E-state index contributed by atoms with van der Waals surface area (Å²) in [4.78, 5) is 11.6. The van der Waals surface area contributed by atoms with Crippen molar-refractivity contribution in [2.45, 2.75) is 51.4 Å². The van der Waals surface area contributed by atoms with Crippen LogP contribution in [0.3, 0.4) is 0 Å². The lowest BCUT2D eigenvalue weighted by Gasteiger charge is -2.13. The van der Waals surface area contributed by atoms with Crippen LogP contribution >= 0.6 is 0 Å². The van der Waals surface area contributed by atoms with Crippen LogP contribution in [0.25, 0.3) is 0 Å². The van der Waals surface area contributed by atoms with Crippen LogP contribution in [0.15, 0.2) is 0 Å². The fourth-order valence-electron chi connectivity index (χ4n) is 2.79. The average molecular weight is 166 g/mol. The summed E-state index contributed by atoms with van der Waals surface area (Å²) in [5.74, 6) is 1.92. The zero-order valence-corrected chi connectivity index (χ0v) is 7.72. The van der Waals surface area contributed by atoms with Crippen molar-refractivity contribution < 1.29 is 4.79 Å². The lowest BCUT2D eigenvalue weighted by Crippen LogP contribution is -2.12. The van der Waals surface area contributed by atoms with Gasteiger partial charge in [0.25, 0.3) is 0 Å². The fraction of sp³-hybridized carbons (Fsp3) is 0.909. The molecule has 0 N–H and O–H groups in total. The van der Waals surface area contributed by atoms with Crippen molar-refractivity contribution in [1.82, 2.24) is 0 Å². The molecule has 1 heteroatoms. The van der Waals surface area contributed by atoms with Gasteiger partial charge in [-0.2, -0.15) is 0 Å². The Kier molecular flexibility index (Phi) is 2.48. The van der Waals surface area contributed by atoms with Crippen LogP contribution in [0.4, 0.5) is 0 Å². The number of fused-ring (bicyclic) bond motifs is 2. The first-order valence-electron chi connectivity index (χ1n) is 5.39. The Hall–Kier alpha value is -0.330. The Morgan fingerprint density at radius 1 is 1.00 bits per heavy atom. The molecule has 2 bridgehead atoms. The molecule has 0 aromatic rings. The number of hydrogen-bond acceptors (Lipinski definition) is 1. The highest BCUT2D eigenvalue weighted by atomic mass is 16.1. The van der Waals surface area contributed by atoms with Gasteiger partial charge < -0.3 is 0 Å². The molecule has 2 rings (SSSR count). The topological polar surface area (TPSA) is 17.1 Å². The highest BCUT2D eigenvalue weighted by Crippen LogP contribution is 2.34. The molecule has 2 unspecified atom stereocenters. The molecular weight excluding hydrogens is 148 g/mol. The highest BCUT2D eigenvalue weighted by Gasteiger charge is 2.27. The quantitative estimate of drug-likeness (QED) is 0.540. The first kappa shape index (κ1) is 8.28. The van der Waals surface area contributed by atoms with Crippen LogP contribution in [0.1, 0.15) is 51.4 Å². The molecule has 12 heavy (non-hydrogen) atoms. The van der Waals surface area contributed by atoms with Crippen molar-refractivity contribution in [3.8, 4) is 0 Å². The summed E-state index contributed by atoms with van der Waals surface area (Å²) in [7, 11) is 0. The molecule has 0 heterocycles. The maximum Gasteiger partial charge on any atom is 0.135 e. The third-order valence-corrected chi connectivity index (χ3v) is 3.52. The zero-order valence-electron chi connectivity index (χ0n) is 7.72. The molecule has 2 atom stereocenters. The maximum absolute atomic E-state index is 11.6. The van der Waals surface area contributed by atoms with Gasteiger partial charge in [0, 0.05) is 12.3 Å². The molecular formula is C11H18O. The SMILES string of the molecule is O=C1CCCC2CCCCC1C2. The van der Waals surface area contributed by atoms with Crippen LogP contribution < -0.4 is 0 Å². The van der Waals surface area contributed by atoms with Gasteiger partial charge in [-0.1, -0.05) is 25.7 Å². The Balaban J connectivity index is 2.07. The zero-order chi connectivity index (χ0) is 8.39. The van der Waals surface area contributed by atoms with Gasteiger partial charge in [-0.3, -0.25) is 4.79 Å². The van der Waals surface area contributed by atoms with E-state index in [-0.39, 0.29) is 0 Å². The Morgan fingerprint density at radius 3 is 2.67 bits per heavy atom. The standard InChI is InChI=1S/C11H18O/c12-11-7-3-5-9-4-1-2-6-10(11)8-9/h9-10H,1-8H2. The summed E-state index contributed by atoms with van der Waals surface area (Å²) in [5, 5.41) is 0. The number of carbonyl (C=O) groups excluding carboxylic acids is 1. The van der Waals surface area contributed by atoms with Crippen LogP contribution in [0.5, 0.6) is 0 Å². The van der Waals surface area contributed by atoms with Crippen LogP contribution in [-0.4, -0.2) is 5.78 Å². The summed E-state index contributed by atoms with van der Waals surface area (Å²) in [6.45, 7) is 0. The third kappa shape index (κ3) is 1.70. The van der Waals surface area contributed by atoms with Crippen LogP contribution in [0.2, 0.25) is 0 Å². The maximum atomic E-state index is 11.6. The summed E-state index contributed by atoms with van der Waals surface area (Å²) >= 11 is 0. The Labute approximate surface area is 74.5 Å². The predicted octanol–water partition coefficient (Wildman–Crippen LogP) is 2.94. The van der Waals surface area contributed by atoms with Gasteiger partial charge >= 0.3 is 0 Å². The van der Waals surface area contributed by atoms with Gasteiger partial charge in [-0.05, 0) is 25.2 Å². The lowest BCUT2D eigenvalue weighted by atomic mass is 9.92. The Morgan fingerprint density at radius 2 is 1.75 bits per heavy atom. The van der Waals surface area contributed by atoms with E-state index >= 15 is 0 Å². The average Bonchev–Trinajstić information content (AvgIpc) is 2.38. The van der Waals surface area contributed by atoms with Gasteiger partial charge in [0.2, 0.25) is 0 Å². The summed E-state index contributed by atoms with van der Waals surface area (Å²) in [5.41, 5.74) is 0. The van der Waals surface area contributed by atoms with E-state index in [0.29, 0.717) is 11.7 Å². The molecule has 0 saturated heterocycles. The van der Waals surface area contributed by atoms with Crippen LogP contribution in [0, 0.1) is 11.8 Å². The number of hydrogen-bond donors (Lipinski definition) is 0. The first-order valence-corrected chi connectivity index (χ1v) is 5.39. The number of ketones is 1. The monoisotopic (exact) mass is 166 g/mol. The highest BCUT2D eigenvalue weighted by molar-refractivity contribution is 5.81. The van der Waals surface area contributed by atoms with E-state index in [2.05, 4.69) is 0 Å². The van der Waals surface area contributed by atoms with Crippen molar-refractivity contribution >= 4 is 5.78 Å². The van der Waals surface area contributed by atoms with E-state index < -0.39 is 0 Å². The van der Waals surface area contributed by atoms with Gasteiger partial charge in [-0.25, -0.2) is 0 Å². The van der Waals surface area contributed by atoms with Crippen molar-refractivity contribution in [2.24, 2.45) is 11.8 Å². The van der Waals surface area contributed by atoms with E-state index in [4.69, 9.17) is 0 Å².